The van der Waals surface area contributed by atoms with Crippen molar-refractivity contribution in [3.8, 4) is 0 Å². The van der Waals surface area contributed by atoms with Gasteiger partial charge in [0.1, 0.15) is 0 Å². The zero-order valence-corrected chi connectivity index (χ0v) is 16.0. The number of hydrogen-bond donors (Lipinski definition) is 1. The maximum absolute atomic E-state index is 12.8. The quantitative estimate of drug-likeness (QED) is 0.573. The summed E-state index contributed by atoms with van der Waals surface area (Å²) >= 11 is 1.58. The Morgan fingerprint density at radius 3 is 2.58 bits per heavy atom. The van der Waals surface area contributed by atoms with Crippen LogP contribution in [0.4, 0.5) is 0 Å². The summed E-state index contributed by atoms with van der Waals surface area (Å²) in [6, 6.07) is 20.3. The molecule has 0 bridgehead atoms. The number of para-hydroxylation sites is 1. The zero-order chi connectivity index (χ0) is 18.4. The fraction of sp³-hybridized carbons (Fsp3) is 0.273. The van der Waals surface area contributed by atoms with Gasteiger partial charge in [-0.2, -0.15) is 0 Å². The van der Waals surface area contributed by atoms with Gasteiger partial charge in [-0.3, -0.25) is 9.78 Å². The summed E-state index contributed by atoms with van der Waals surface area (Å²) in [5, 5.41) is 4.14. The van der Waals surface area contributed by atoms with Crippen LogP contribution in [0, 0.1) is 0 Å². The second kappa shape index (κ2) is 8.86. The summed E-state index contributed by atoms with van der Waals surface area (Å²) < 4.78 is 0. The fourth-order valence-electron chi connectivity index (χ4n) is 3.00. The number of rotatable bonds is 7. The van der Waals surface area contributed by atoms with Crippen molar-refractivity contribution in [2.24, 2.45) is 0 Å². The first kappa shape index (κ1) is 18.5. The number of carbonyl (C=O) groups is 1. The van der Waals surface area contributed by atoms with Crippen LogP contribution in [0.2, 0.25) is 0 Å². The first-order valence-electron chi connectivity index (χ1n) is 9.04. The lowest BCUT2D eigenvalue weighted by atomic mass is 10.0. The van der Waals surface area contributed by atoms with Gasteiger partial charge in [0.05, 0.1) is 16.8 Å². The summed E-state index contributed by atoms with van der Waals surface area (Å²) in [5.74, 6) is 0.0678. The first-order chi connectivity index (χ1) is 12.7. The van der Waals surface area contributed by atoms with E-state index < -0.39 is 0 Å². The lowest BCUT2D eigenvalue weighted by Gasteiger charge is -2.21. The van der Waals surface area contributed by atoms with E-state index in [9.17, 15) is 4.79 Å². The third kappa shape index (κ3) is 4.44. The largest absolute Gasteiger partial charge is 0.348 e. The monoisotopic (exact) mass is 364 g/mol. The van der Waals surface area contributed by atoms with Crippen LogP contribution in [0.1, 0.15) is 38.3 Å². The average Bonchev–Trinajstić information content (AvgIpc) is 2.68. The molecule has 0 aliphatic heterocycles. The van der Waals surface area contributed by atoms with Crippen LogP contribution < -0.4 is 5.32 Å². The molecule has 0 radical (unpaired) electrons. The van der Waals surface area contributed by atoms with Gasteiger partial charge in [0.2, 0.25) is 5.91 Å². The van der Waals surface area contributed by atoms with Crippen molar-refractivity contribution in [2.45, 2.75) is 42.9 Å². The Balaban J connectivity index is 1.72. The lowest BCUT2D eigenvalue weighted by Crippen LogP contribution is -2.34. The normalized spacial score (nSPS) is 13.3. The number of carbonyl (C=O) groups excluding carboxylic acids is 1. The molecule has 1 amide bonds. The molecule has 1 heterocycles. The molecule has 2 unspecified atom stereocenters. The van der Waals surface area contributed by atoms with Gasteiger partial charge in [-0.15, -0.1) is 11.8 Å². The highest BCUT2D eigenvalue weighted by Crippen LogP contribution is 2.30. The van der Waals surface area contributed by atoms with Gasteiger partial charge in [0.25, 0.3) is 0 Å². The van der Waals surface area contributed by atoms with E-state index in [-0.39, 0.29) is 17.2 Å². The minimum absolute atomic E-state index is 0.0611. The van der Waals surface area contributed by atoms with Gasteiger partial charge < -0.3 is 5.32 Å². The van der Waals surface area contributed by atoms with Crippen molar-refractivity contribution < 1.29 is 4.79 Å². The van der Waals surface area contributed by atoms with Gasteiger partial charge in [-0.25, -0.2) is 0 Å². The highest BCUT2D eigenvalue weighted by atomic mass is 32.2. The average molecular weight is 365 g/mol. The van der Waals surface area contributed by atoms with Gasteiger partial charge >= 0.3 is 0 Å². The van der Waals surface area contributed by atoms with E-state index in [0.717, 1.165) is 34.2 Å². The van der Waals surface area contributed by atoms with Crippen LogP contribution >= 0.6 is 11.8 Å². The number of nitrogens with zero attached hydrogens (tertiary/aromatic N) is 1. The molecule has 3 nitrogen and oxygen atoms in total. The molecule has 0 spiro atoms. The first-order valence-corrected chi connectivity index (χ1v) is 9.92. The van der Waals surface area contributed by atoms with Crippen molar-refractivity contribution in [3.05, 3.63) is 72.4 Å². The summed E-state index contributed by atoms with van der Waals surface area (Å²) in [7, 11) is 0. The lowest BCUT2D eigenvalue weighted by molar-refractivity contribution is -0.121. The van der Waals surface area contributed by atoms with Gasteiger partial charge in [-0.1, -0.05) is 61.9 Å². The highest BCUT2D eigenvalue weighted by molar-refractivity contribution is 8.00. The molecule has 1 aromatic heterocycles. The van der Waals surface area contributed by atoms with E-state index in [2.05, 4.69) is 35.4 Å². The molecule has 0 aliphatic carbocycles. The van der Waals surface area contributed by atoms with Crippen LogP contribution in [-0.2, 0) is 4.79 Å². The summed E-state index contributed by atoms with van der Waals surface area (Å²) in [5.41, 5.74) is 2.12. The predicted molar refractivity (Wildman–Crippen MR) is 109 cm³/mol. The fourth-order valence-corrected chi connectivity index (χ4v) is 4.00. The number of nitrogens with one attached hydrogen (secondary N) is 1. The maximum atomic E-state index is 12.8. The van der Waals surface area contributed by atoms with Gasteiger partial charge in [-0.05, 0) is 31.0 Å². The molecule has 0 fully saturated rings. The maximum Gasteiger partial charge on any atom is 0.233 e. The highest BCUT2D eigenvalue weighted by Gasteiger charge is 2.20. The Morgan fingerprint density at radius 1 is 1.08 bits per heavy atom. The van der Waals surface area contributed by atoms with Gasteiger partial charge in [0.15, 0.2) is 0 Å². The van der Waals surface area contributed by atoms with E-state index >= 15 is 0 Å². The standard InChI is InChI=1S/C22H24N2OS/c1-3-9-19(17-10-5-4-6-11-17)24-22(25)16(2)26-21-14-15-23-20-13-8-7-12-18(20)21/h4-8,10-16,19H,3,9H2,1-2H3,(H,24,25). The topological polar surface area (TPSA) is 42.0 Å². The van der Waals surface area contributed by atoms with Crippen molar-refractivity contribution in [2.75, 3.05) is 0 Å². The molecule has 2 atom stereocenters. The zero-order valence-electron chi connectivity index (χ0n) is 15.2. The van der Waals surface area contributed by atoms with E-state index in [0.29, 0.717) is 0 Å². The summed E-state index contributed by atoms with van der Waals surface area (Å²) in [6.45, 7) is 4.10. The van der Waals surface area contributed by atoms with Crippen LogP contribution in [0.5, 0.6) is 0 Å². The number of hydrogen-bond acceptors (Lipinski definition) is 3. The number of pyridine rings is 1. The van der Waals surface area contributed by atoms with E-state index in [1.54, 1.807) is 18.0 Å². The molecule has 3 aromatic rings. The Morgan fingerprint density at radius 2 is 1.81 bits per heavy atom. The van der Waals surface area contributed by atoms with E-state index in [4.69, 9.17) is 0 Å². The predicted octanol–water partition coefficient (Wildman–Crippen LogP) is 5.37. The van der Waals surface area contributed by atoms with Crippen molar-refractivity contribution >= 4 is 28.6 Å². The van der Waals surface area contributed by atoms with Crippen LogP contribution in [0.15, 0.2) is 71.8 Å². The Hall–Kier alpha value is -2.33. The summed E-state index contributed by atoms with van der Waals surface area (Å²) in [4.78, 5) is 18.3. The minimum atomic E-state index is -0.177. The number of fused-ring (bicyclic) bond motifs is 1. The van der Waals surface area contributed by atoms with Crippen molar-refractivity contribution in [1.82, 2.24) is 10.3 Å². The molecular formula is C22H24N2OS. The van der Waals surface area contributed by atoms with Crippen molar-refractivity contribution in [3.63, 3.8) is 0 Å². The van der Waals surface area contributed by atoms with Gasteiger partial charge in [0, 0.05) is 16.5 Å². The molecule has 26 heavy (non-hydrogen) atoms. The molecule has 3 rings (SSSR count). The molecule has 1 N–H and O–H groups in total. The second-order valence-corrected chi connectivity index (χ2v) is 7.73. The number of benzene rings is 2. The van der Waals surface area contributed by atoms with Crippen LogP contribution in [0.25, 0.3) is 10.9 Å². The SMILES string of the molecule is CCCC(NC(=O)C(C)Sc1ccnc2ccccc12)c1ccccc1. The van der Waals surface area contributed by atoms with Crippen molar-refractivity contribution in [1.29, 1.82) is 0 Å². The third-order valence-corrected chi connectivity index (χ3v) is 5.56. The number of thioether (sulfide) groups is 1. The summed E-state index contributed by atoms with van der Waals surface area (Å²) in [6.07, 6.45) is 3.76. The van der Waals surface area contributed by atoms with Crippen LogP contribution in [0.3, 0.4) is 0 Å². The number of aromatic nitrogens is 1. The minimum Gasteiger partial charge on any atom is -0.348 e. The molecule has 134 valence electrons. The molecule has 0 saturated heterocycles. The van der Waals surface area contributed by atoms with E-state index in [1.165, 1.54) is 0 Å². The Bertz CT molecular complexity index is 861. The molecule has 2 aromatic carbocycles. The van der Waals surface area contributed by atoms with Crippen LogP contribution in [-0.4, -0.2) is 16.1 Å². The molecule has 4 heteroatoms. The van der Waals surface area contributed by atoms with E-state index in [1.807, 2.05) is 49.4 Å². The Labute approximate surface area is 159 Å². The third-order valence-electron chi connectivity index (χ3n) is 4.38. The molecule has 0 aliphatic rings. The number of amides is 1. The second-order valence-electron chi connectivity index (χ2n) is 6.35. The smallest absolute Gasteiger partial charge is 0.233 e. The molecule has 0 saturated carbocycles. The Kier molecular flexibility index (Phi) is 6.29. The molecular weight excluding hydrogens is 340 g/mol.